The molecule has 1 aliphatic rings. The Morgan fingerprint density at radius 2 is 1.30 bits per heavy atom. The van der Waals surface area contributed by atoms with Crippen molar-refractivity contribution in [3.05, 3.63) is 0 Å². The summed E-state index contributed by atoms with van der Waals surface area (Å²) in [6.45, 7) is 18.9. The monoisotopic (exact) mass is 289 g/mol. The summed E-state index contributed by atoms with van der Waals surface area (Å²) < 4.78 is 29.8. The van der Waals surface area contributed by atoms with Crippen LogP contribution in [0.15, 0.2) is 0 Å². The van der Waals surface area contributed by atoms with Crippen LogP contribution in [-0.4, -0.2) is 29.5 Å². The predicted octanol–water partition coefficient (Wildman–Crippen LogP) is 5.06. The second-order valence-corrected chi connectivity index (χ2v) is 9.63. The molecule has 0 N–H and O–H groups in total. The first kappa shape index (κ1) is 17.9. The molecule has 2 atom stereocenters. The Morgan fingerprint density at radius 3 is 1.60 bits per heavy atom. The molecule has 0 spiro atoms. The molecule has 120 valence electrons. The van der Waals surface area contributed by atoms with Crippen molar-refractivity contribution in [2.45, 2.75) is 73.8 Å². The standard InChI is InChI=1S/C17H33F2N/c1-14(2,3)12-10-20(16(7,8)9)11-17(18,19)13(12)15(4,5)6/h12-13H,10-11H2,1-9H3. The Hall–Kier alpha value is -0.180. The number of halogens is 2. The van der Waals surface area contributed by atoms with E-state index in [0.29, 0.717) is 0 Å². The first-order valence-corrected chi connectivity index (χ1v) is 7.70. The maximum Gasteiger partial charge on any atom is 0.264 e. The van der Waals surface area contributed by atoms with Gasteiger partial charge in [0.05, 0.1) is 6.54 Å². The molecule has 2 unspecified atom stereocenters. The first-order chi connectivity index (χ1) is 8.57. The van der Waals surface area contributed by atoms with Gasteiger partial charge in [0.15, 0.2) is 0 Å². The van der Waals surface area contributed by atoms with E-state index in [-0.39, 0.29) is 28.8 Å². The van der Waals surface area contributed by atoms with Gasteiger partial charge in [0, 0.05) is 18.0 Å². The molecule has 1 heterocycles. The van der Waals surface area contributed by atoms with Gasteiger partial charge in [-0.2, -0.15) is 0 Å². The predicted molar refractivity (Wildman–Crippen MR) is 82.2 cm³/mol. The summed E-state index contributed by atoms with van der Waals surface area (Å²) in [5.74, 6) is -3.22. The third kappa shape index (κ3) is 3.72. The van der Waals surface area contributed by atoms with Crippen LogP contribution in [0, 0.1) is 22.7 Å². The topological polar surface area (TPSA) is 3.24 Å². The molecule has 1 rings (SSSR count). The fraction of sp³-hybridized carbons (Fsp3) is 1.00. The molecule has 0 radical (unpaired) electrons. The number of nitrogens with zero attached hydrogens (tertiary/aromatic N) is 1. The van der Waals surface area contributed by atoms with Crippen LogP contribution in [0.3, 0.4) is 0 Å². The van der Waals surface area contributed by atoms with Crippen LogP contribution in [-0.2, 0) is 0 Å². The summed E-state index contributed by atoms with van der Waals surface area (Å²) in [6.07, 6.45) is 0. The average Bonchev–Trinajstić information content (AvgIpc) is 2.09. The Bertz CT molecular complexity index is 341. The van der Waals surface area contributed by atoms with Crippen molar-refractivity contribution in [1.29, 1.82) is 0 Å². The molecule has 0 aliphatic carbocycles. The maximum atomic E-state index is 14.9. The van der Waals surface area contributed by atoms with Crippen LogP contribution >= 0.6 is 0 Å². The van der Waals surface area contributed by atoms with E-state index in [2.05, 4.69) is 20.8 Å². The molecule has 1 saturated heterocycles. The van der Waals surface area contributed by atoms with Crippen LogP contribution in [0.4, 0.5) is 8.78 Å². The minimum atomic E-state index is -2.64. The lowest BCUT2D eigenvalue weighted by atomic mass is 9.60. The maximum absolute atomic E-state index is 14.9. The minimum absolute atomic E-state index is 0.00882. The van der Waals surface area contributed by atoms with Crippen molar-refractivity contribution in [3.8, 4) is 0 Å². The summed E-state index contributed by atoms with van der Waals surface area (Å²) in [7, 11) is 0. The van der Waals surface area contributed by atoms with E-state index in [1.54, 1.807) is 0 Å². The molecule has 0 aromatic heterocycles. The van der Waals surface area contributed by atoms with Gasteiger partial charge in [0.1, 0.15) is 0 Å². The van der Waals surface area contributed by atoms with Crippen molar-refractivity contribution < 1.29 is 8.78 Å². The summed E-state index contributed by atoms with van der Waals surface area (Å²) in [5, 5.41) is 0. The zero-order chi connectivity index (χ0) is 16.1. The Balaban J connectivity index is 3.25. The van der Waals surface area contributed by atoms with Gasteiger partial charge < -0.3 is 0 Å². The quantitative estimate of drug-likeness (QED) is 0.602. The van der Waals surface area contributed by atoms with Crippen molar-refractivity contribution >= 4 is 0 Å². The van der Waals surface area contributed by atoms with Gasteiger partial charge in [-0.25, -0.2) is 8.78 Å². The molecule has 0 aromatic rings. The van der Waals surface area contributed by atoms with Crippen LogP contribution < -0.4 is 0 Å². The number of rotatable bonds is 0. The smallest absolute Gasteiger partial charge is 0.264 e. The zero-order valence-electron chi connectivity index (χ0n) is 14.8. The SMILES string of the molecule is CC(C)(C)C1CN(C(C)(C)C)CC(F)(F)C1C(C)(C)C. The van der Waals surface area contributed by atoms with E-state index < -0.39 is 11.8 Å². The normalized spacial score (nSPS) is 29.6. The summed E-state index contributed by atoms with van der Waals surface area (Å²) >= 11 is 0. The molecule has 1 fully saturated rings. The second kappa shape index (κ2) is 4.93. The average molecular weight is 289 g/mol. The molecular weight excluding hydrogens is 256 g/mol. The molecular formula is C17H33F2N. The number of piperidine rings is 1. The highest BCUT2D eigenvalue weighted by atomic mass is 19.3. The van der Waals surface area contributed by atoms with Crippen molar-refractivity contribution in [1.82, 2.24) is 4.90 Å². The fourth-order valence-corrected chi connectivity index (χ4v) is 3.58. The van der Waals surface area contributed by atoms with Crippen LogP contribution in [0.1, 0.15) is 62.3 Å². The minimum Gasteiger partial charge on any atom is -0.292 e. The van der Waals surface area contributed by atoms with Crippen molar-refractivity contribution in [2.75, 3.05) is 13.1 Å². The van der Waals surface area contributed by atoms with Gasteiger partial charge in [-0.15, -0.1) is 0 Å². The summed E-state index contributed by atoms with van der Waals surface area (Å²) in [5.41, 5.74) is -0.716. The largest absolute Gasteiger partial charge is 0.292 e. The highest BCUT2D eigenvalue weighted by Crippen LogP contribution is 2.52. The lowest BCUT2D eigenvalue weighted by molar-refractivity contribution is -0.200. The summed E-state index contributed by atoms with van der Waals surface area (Å²) in [4.78, 5) is 1.96. The van der Waals surface area contributed by atoms with Gasteiger partial charge in [-0.1, -0.05) is 41.5 Å². The number of hydrogen-bond donors (Lipinski definition) is 0. The van der Waals surface area contributed by atoms with Crippen molar-refractivity contribution in [2.24, 2.45) is 22.7 Å². The molecule has 0 aromatic carbocycles. The third-order valence-electron chi connectivity index (χ3n) is 4.67. The second-order valence-electron chi connectivity index (χ2n) is 9.63. The molecule has 0 bridgehead atoms. The van der Waals surface area contributed by atoms with Crippen molar-refractivity contribution in [3.63, 3.8) is 0 Å². The van der Waals surface area contributed by atoms with Gasteiger partial charge in [-0.05, 0) is 37.5 Å². The van der Waals surface area contributed by atoms with E-state index in [9.17, 15) is 8.78 Å². The fourth-order valence-electron chi connectivity index (χ4n) is 3.58. The third-order valence-corrected chi connectivity index (χ3v) is 4.67. The lowest BCUT2D eigenvalue weighted by Gasteiger charge is -2.55. The number of hydrogen-bond acceptors (Lipinski definition) is 1. The summed E-state index contributed by atoms with van der Waals surface area (Å²) in [6, 6.07) is 0. The van der Waals surface area contributed by atoms with Crippen LogP contribution in [0.2, 0.25) is 0 Å². The van der Waals surface area contributed by atoms with Gasteiger partial charge in [-0.3, -0.25) is 4.90 Å². The van der Waals surface area contributed by atoms with E-state index in [1.165, 1.54) is 0 Å². The van der Waals surface area contributed by atoms with E-state index in [0.717, 1.165) is 6.54 Å². The zero-order valence-corrected chi connectivity index (χ0v) is 14.8. The van der Waals surface area contributed by atoms with Crippen LogP contribution in [0.25, 0.3) is 0 Å². The molecule has 20 heavy (non-hydrogen) atoms. The number of likely N-dealkylation sites (tertiary alicyclic amines) is 1. The van der Waals surface area contributed by atoms with Gasteiger partial charge in [0.2, 0.25) is 0 Å². The van der Waals surface area contributed by atoms with E-state index >= 15 is 0 Å². The first-order valence-electron chi connectivity index (χ1n) is 7.70. The van der Waals surface area contributed by atoms with E-state index in [1.807, 2.05) is 46.4 Å². The Kier molecular flexibility index (Phi) is 4.40. The highest BCUT2D eigenvalue weighted by molar-refractivity contribution is 5.02. The number of alkyl halides is 2. The van der Waals surface area contributed by atoms with Gasteiger partial charge >= 0.3 is 0 Å². The van der Waals surface area contributed by atoms with Crippen LogP contribution in [0.5, 0.6) is 0 Å². The molecule has 3 heteroatoms. The Morgan fingerprint density at radius 1 is 0.850 bits per heavy atom. The molecule has 0 saturated carbocycles. The molecule has 1 nitrogen and oxygen atoms in total. The van der Waals surface area contributed by atoms with E-state index in [4.69, 9.17) is 0 Å². The Labute approximate surface area is 124 Å². The lowest BCUT2D eigenvalue weighted by Crippen LogP contribution is -2.63. The molecule has 0 amide bonds. The highest BCUT2D eigenvalue weighted by Gasteiger charge is 2.57. The van der Waals surface area contributed by atoms with Gasteiger partial charge in [0.25, 0.3) is 5.92 Å². The molecule has 1 aliphatic heterocycles.